The van der Waals surface area contributed by atoms with Crippen molar-refractivity contribution < 1.29 is 12.8 Å². The highest BCUT2D eigenvalue weighted by Crippen LogP contribution is 2.36. The summed E-state index contributed by atoms with van der Waals surface area (Å²) in [6.07, 6.45) is 0. The normalized spacial score (nSPS) is 14.9. The molecule has 4 aromatic rings. The molecule has 0 spiro atoms. The lowest BCUT2D eigenvalue weighted by atomic mass is 10.1. The first kappa shape index (κ1) is 23.3. The van der Waals surface area contributed by atoms with Crippen LogP contribution in [0.15, 0.2) is 93.2 Å². The Bertz CT molecular complexity index is 1410. The van der Waals surface area contributed by atoms with Gasteiger partial charge in [0.25, 0.3) is 0 Å². The van der Waals surface area contributed by atoms with Gasteiger partial charge in [0.05, 0.1) is 4.90 Å². The number of oxazole rings is 1. The van der Waals surface area contributed by atoms with Crippen molar-refractivity contribution in [1.82, 2.24) is 9.88 Å². The fraction of sp³-hybridized carbons (Fsp3) is 0.250. The van der Waals surface area contributed by atoms with Crippen molar-refractivity contribution in [3.05, 3.63) is 95.6 Å². The Balaban J connectivity index is 1.48. The van der Waals surface area contributed by atoms with Crippen LogP contribution in [0.25, 0.3) is 11.5 Å². The van der Waals surface area contributed by atoms with Gasteiger partial charge in [0.15, 0.2) is 0 Å². The number of hydrogen-bond donors (Lipinski definition) is 0. The molecule has 0 atom stereocenters. The van der Waals surface area contributed by atoms with Gasteiger partial charge in [0.2, 0.25) is 26.6 Å². The van der Waals surface area contributed by atoms with Crippen LogP contribution in [0.1, 0.15) is 16.7 Å². The Morgan fingerprint density at radius 3 is 2.17 bits per heavy atom. The Labute approximate surface area is 206 Å². The SMILES string of the molecule is Cc1ccc(S(=O)(=O)c2nc(-c3ccccc3C)oc2N2CCN(Cc3ccccc3)CC2)cc1. The van der Waals surface area contributed by atoms with Crippen LogP contribution in [-0.4, -0.2) is 44.5 Å². The van der Waals surface area contributed by atoms with Crippen molar-refractivity contribution in [2.24, 2.45) is 0 Å². The molecule has 1 aliphatic heterocycles. The van der Waals surface area contributed by atoms with Gasteiger partial charge in [-0.1, -0.05) is 66.2 Å². The molecular formula is C28H29N3O3S. The number of nitrogens with zero attached hydrogens (tertiary/aromatic N) is 3. The maximum Gasteiger partial charge on any atom is 0.236 e. The summed E-state index contributed by atoms with van der Waals surface area (Å²) in [5.41, 5.74) is 4.04. The Kier molecular flexibility index (Phi) is 6.45. The highest BCUT2D eigenvalue weighted by atomic mass is 32.2. The summed E-state index contributed by atoms with van der Waals surface area (Å²) in [6.45, 7) is 7.70. The van der Waals surface area contributed by atoms with Crippen molar-refractivity contribution in [2.75, 3.05) is 31.1 Å². The molecule has 1 aromatic heterocycles. The quantitative estimate of drug-likeness (QED) is 0.376. The minimum Gasteiger partial charge on any atom is -0.419 e. The van der Waals surface area contributed by atoms with Crippen molar-refractivity contribution in [2.45, 2.75) is 30.3 Å². The average Bonchev–Trinajstić information content (AvgIpc) is 3.32. The van der Waals surface area contributed by atoms with Gasteiger partial charge in [-0.25, -0.2) is 8.42 Å². The van der Waals surface area contributed by atoms with Gasteiger partial charge in [-0.05, 0) is 43.2 Å². The number of anilines is 1. The lowest BCUT2D eigenvalue weighted by Gasteiger charge is -2.34. The molecule has 5 rings (SSSR count). The molecule has 2 heterocycles. The molecule has 6 nitrogen and oxygen atoms in total. The topological polar surface area (TPSA) is 66.7 Å². The van der Waals surface area contributed by atoms with Gasteiger partial charge in [-0.15, -0.1) is 0 Å². The minimum atomic E-state index is -3.86. The van der Waals surface area contributed by atoms with Crippen molar-refractivity contribution in [1.29, 1.82) is 0 Å². The van der Waals surface area contributed by atoms with Gasteiger partial charge >= 0.3 is 0 Å². The predicted molar refractivity (Wildman–Crippen MR) is 137 cm³/mol. The Hall–Kier alpha value is -3.42. The average molecular weight is 488 g/mol. The van der Waals surface area contributed by atoms with E-state index in [1.807, 2.05) is 49.1 Å². The smallest absolute Gasteiger partial charge is 0.236 e. The third-order valence-electron chi connectivity index (χ3n) is 6.45. The fourth-order valence-electron chi connectivity index (χ4n) is 4.38. The summed E-state index contributed by atoms with van der Waals surface area (Å²) in [5.74, 6) is 0.652. The zero-order valence-corrected chi connectivity index (χ0v) is 20.8. The summed E-state index contributed by atoms with van der Waals surface area (Å²) < 4.78 is 33.6. The molecule has 1 aliphatic rings. The second-order valence-corrected chi connectivity index (χ2v) is 10.9. The van der Waals surface area contributed by atoms with Crippen LogP contribution in [0.3, 0.4) is 0 Å². The molecule has 0 unspecified atom stereocenters. The monoisotopic (exact) mass is 487 g/mol. The molecule has 1 saturated heterocycles. The van der Waals surface area contributed by atoms with Gasteiger partial charge in [-0.3, -0.25) is 4.90 Å². The van der Waals surface area contributed by atoms with Crippen LogP contribution in [0.4, 0.5) is 5.88 Å². The van der Waals surface area contributed by atoms with E-state index in [2.05, 4.69) is 34.1 Å². The van der Waals surface area contributed by atoms with Crippen LogP contribution >= 0.6 is 0 Å². The van der Waals surface area contributed by atoms with Gasteiger partial charge in [-0.2, -0.15) is 4.98 Å². The standard InChI is InChI=1S/C28H29N3O3S/c1-21-12-14-24(15-13-21)35(32,33)27-28(34-26(29-27)25-11-7-6-8-22(25)2)31-18-16-30(17-19-31)20-23-9-4-3-5-10-23/h3-15H,16-20H2,1-2H3. The molecular weight excluding hydrogens is 458 g/mol. The number of aryl methyl sites for hydroxylation is 2. The van der Waals surface area contributed by atoms with E-state index < -0.39 is 9.84 Å². The van der Waals surface area contributed by atoms with Gasteiger partial charge in [0.1, 0.15) is 0 Å². The van der Waals surface area contributed by atoms with E-state index in [1.54, 1.807) is 24.3 Å². The molecule has 180 valence electrons. The first-order valence-corrected chi connectivity index (χ1v) is 13.3. The van der Waals surface area contributed by atoms with E-state index >= 15 is 0 Å². The van der Waals surface area contributed by atoms with E-state index in [0.717, 1.165) is 36.3 Å². The maximum absolute atomic E-state index is 13.7. The summed E-state index contributed by atoms with van der Waals surface area (Å²) >= 11 is 0. The summed E-state index contributed by atoms with van der Waals surface area (Å²) in [4.78, 5) is 9.17. The number of benzene rings is 3. The first-order valence-electron chi connectivity index (χ1n) is 11.8. The Morgan fingerprint density at radius 1 is 0.829 bits per heavy atom. The number of hydrogen-bond acceptors (Lipinski definition) is 6. The van der Waals surface area contributed by atoms with E-state index in [1.165, 1.54) is 5.56 Å². The van der Waals surface area contributed by atoms with Crippen LogP contribution in [0, 0.1) is 13.8 Å². The summed E-state index contributed by atoms with van der Waals surface area (Å²) in [7, 11) is -3.86. The largest absolute Gasteiger partial charge is 0.419 e. The maximum atomic E-state index is 13.7. The molecule has 0 saturated carbocycles. The Morgan fingerprint density at radius 2 is 1.49 bits per heavy atom. The van der Waals surface area contributed by atoms with Crippen LogP contribution < -0.4 is 4.90 Å². The number of aromatic nitrogens is 1. The lowest BCUT2D eigenvalue weighted by Crippen LogP contribution is -2.46. The molecule has 7 heteroatoms. The first-order chi connectivity index (χ1) is 16.9. The molecule has 0 radical (unpaired) electrons. The third kappa shape index (κ3) is 4.88. The highest BCUT2D eigenvalue weighted by Gasteiger charge is 2.33. The predicted octanol–water partition coefficient (Wildman–Crippen LogP) is 5.11. The second-order valence-electron chi connectivity index (χ2n) is 9.01. The zero-order chi connectivity index (χ0) is 24.4. The van der Waals surface area contributed by atoms with E-state index in [-0.39, 0.29) is 9.92 Å². The molecule has 0 aliphatic carbocycles. The molecule has 1 fully saturated rings. The van der Waals surface area contributed by atoms with Crippen molar-refractivity contribution in [3.8, 4) is 11.5 Å². The molecule has 3 aromatic carbocycles. The molecule has 0 N–H and O–H groups in total. The van der Waals surface area contributed by atoms with Crippen LogP contribution in [0.2, 0.25) is 0 Å². The number of rotatable bonds is 6. The van der Waals surface area contributed by atoms with E-state index in [0.29, 0.717) is 24.9 Å². The van der Waals surface area contributed by atoms with Crippen LogP contribution in [0.5, 0.6) is 0 Å². The van der Waals surface area contributed by atoms with Crippen molar-refractivity contribution >= 4 is 15.7 Å². The molecule has 0 bridgehead atoms. The third-order valence-corrected chi connectivity index (χ3v) is 8.12. The molecule has 35 heavy (non-hydrogen) atoms. The summed E-state index contributed by atoms with van der Waals surface area (Å²) in [5, 5.41) is -0.0175. The van der Waals surface area contributed by atoms with Crippen LogP contribution in [-0.2, 0) is 16.4 Å². The van der Waals surface area contributed by atoms with E-state index in [9.17, 15) is 8.42 Å². The van der Waals surface area contributed by atoms with Crippen molar-refractivity contribution in [3.63, 3.8) is 0 Å². The van der Waals surface area contributed by atoms with Gasteiger partial charge in [0, 0.05) is 38.3 Å². The lowest BCUT2D eigenvalue weighted by molar-refractivity contribution is 0.245. The minimum absolute atomic E-state index is 0.0175. The highest BCUT2D eigenvalue weighted by molar-refractivity contribution is 7.91. The van der Waals surface area contributed by atoms with Gasteiger partial charge < -0.3 is 9.32 Å². The number of piperazine rings is 1. The fourth-order valence-corrected chi connectivity index (χ4v) is 5.70. The summed E-state index contributed by atoms with van der Waals surface area (Å²) in [6, 6.07) is 25.0. The number of sulfone groups is 1. The second kappa shape index (κ2) is 9.68. The zero-order valence-electron chi connectivity index (χ0n) is 20.0. The van der Waals surface area contributed by atoms with E-state index in [4.69, 9.17) is 4.42 Å². The molecule has 0 amide bonds.